The van der Waals surface area contributed by atoms with Crippen LogP contribution in [0.3, 0.4) is 0 Å². The highest BCUT2D eigenvalue weighted by Crippen LogP contribution is 2.22. The molecule has 0 aliphatic carbocycles. The summed E-state index contributed by atoms with van der Waals surface area (Å²) in [4.78, 5) is 18.5. The van der Waals surface area contributed by atoms with Gasteiger partial charge in [-0.3, -0.25) is 4.79 Å². The number of thiazole rings is 1. The molecule has 1 amide bonds. The second-order valence-electron chi connectivity index (χ2n) is 5.86. The molecule has 1 aromatic heterocycles. The molecule has 112 valence electrons. The van der Waals surface area contributed by atoms with Crippen LogP contribution in [0.1, 0.15) is 39.3 Å². The zero-order valence-corrected chi connectivity index (χ0v) is 13.4. The number of hydrogen-bond donors (Lipinski definition) is 1. The third-order valence-corrected chi connectivity index (χ3v) is 4.73. The quantitative estimate of drug-likeness (QED) is 0.908. The molecule has 5 heteroatoms. The standard InChI is InChI=1S/C15H25N3OS/c1-4-12-8-18(15(19)11(2)3)6-5-14(12)16-7-13-9-20-10-17-13/h9-12,14,16H,4-8H2,1-3H3/t12-,14-/m1/s1. The molecular formula is C15H25N3OS. The number of amides is 1. The number of carbonyl (C=O) groups excluding carboxylic acids is 1. The van der Waals surface area contributed by atoms with Gasteiger partial charge in [-0.1, -0.05) is 27.2 Å². The second-order valence-corrected chi connectivity index (χ2v) is 6.58. The van der Waals surface area contributed by atoms with E-state index in [1.165, 1.54) is 0 Å². The first-order valence-corrected chi connectivity index (χ1v) is 8.45. The summed E-state index contributed by atoms with van der Waals surface area (Å²) in [6, 6.07) is 0.498. The minimum atomic E-state index is 0.104. The van der Waals surface area contributed by atoms with Crippen molar-refractivity contribution in [3.8, 4) is 0 Å². The van der Waals surface area contributed by atoms with Crippen molar-refractivity contribution in [2.24, 2.45) is 11.8 Å². The van der Waals surface area contributed by atoms with Crippen LogP contribution in [0.2, 0.25) is 0 Å². The molecule has 0 unspecified atom stereocenters. The van der Waals surface area contributed by atoms with E-state index in [-0.39, 0.29) is 5.92 Å². The topological polar surface area (TPSA) is 45.2 Å². The fourth-order valence-corrected chi connectivity index (χ4v) is 3.40. The lowest BCUT2D eigenvalue weighted by Crippen LogP contribution is -2.51. The molecule has 2 atom stereocenters. The van der Waals surface area contributed by atoms with Gasteiger partial charge in [0.15, 0.2) is 0 Å². The van der Waals surface area contributed by atoms with Crippen LogP contribution < -0.4 is 5.32 Å². The van der Waals surface area contributed by atoms with Gasteiger partial charge in [-0.25, -0.2) is 4.98 Å². The highest BCUT2D eigenvalue weighted by Gasteiger charge is 2.30. The molecule has 0 spiro atoms. The van der Waals surface area contributed by atoms with Crippen LogP contribution >= 0.6 is 11.3 Å². The lowest BCUT2D eigenvalue weighted by atomic mass is 9.89. The molecule has 1 aliphatic heterocycles. The van der Waals surface area contributed by atoms with Gasteiger partial charge >= 0.3 is 0 Å². The Morgan fingerprint density at radius 2 is 2.40 bits per heavy atom. The molecular weight excluding hydrogens is 270 g/mol. The van der Waals surface area contributed by atoms with Crippen LogP contribution in [-0.4, -0.2) is 34.9 Å². The number of likely N-dealkylation sites (tertiary alicyclic amines) is 1. The largest absolute Gasteiger partial charge is 0.342 e. The third-order valence-electron chi connectivity index (χ3n) is 4.09. The van der Waals surface area contributed by atoms with E-state index in [1.54, 1.807) is 11.3 Å². The molecule has 1 fully saturated rings. The molecule has 20 heavy (non-hydrogen) atoms. The number of nitrogens with zero attached hydrogens (tertiary/aromatic N) is 2. The van der Waals surface area contributed by atoms with Crippen molar-refractivity contribution in [1.29, 1.82) is 0 Å². The lowest BCUT2D eigenvalue weighted by Gasteiger charge is -2.39. The number of carbonyl (C=O) groups is 1. The fourth-order valence-electron chi connectivity index (χ4n) is 2.84. The average molecular weight is 295 g/mol. The molecule has 2 heterocycles. The Bertz CT molecular complexity index is 419. The number of nitrogens with one attached hydrogen (secondary N) is 1. The zero-order valence-electron chi connectivity index (χ0n) is 12.6. The first-order valence-electron chi connectivity index (χ1n) is 7.51. The molecule has 4 nitrogen and oxygen atoms in total. The van der Waals surface area contributed by atoms with E-state index in [0.29, 0.717) is 17.9 Å². The van der Waals surface area contributed by atoms with Gasteiger partial charge in [-0.05, 0) is 12.3 Å². The van der Waals surface area contributed by atoms with Gasteiger partial charge in [-0.2, -0.15) is 0 Å². The van der Waals surface area contributed by atoms with Crippen LogP contribution in [-0.2, 0) is 11.3 Å². The number of aromatic nitrogens is 1. The van der Waals surface area contributed by atoms with Gasteiger partial charge in [0.1, 0.15) is 0 Å². The van der Waals surface area contributed by atoms with Crippen molar-refractivity contribution < 1.29 is 4.79 Å². The zero-order chi connectivity index (χ0) is 14.5. The molecule has 2 rings (SSSR count). The normalized spacial score (nSPS) is 23.3. The van der Waals surface area contributed by atoms with Crippen molar-refractivity contribution in [2.45, 2.75) is 46.2 Å². The van der Waals surface area contributed by atoms with E-state index in [2.05, 4.69) is 22.6 Å². The number of rotatable bonds is 5. The van der Waals surface area contributed by atoms with E-state index >= 15 is 0 Å². The Morgan fingerprint density at radius 3 is 3.00 bits per heavy atom. The molecule has 0 saturated carbocycles. The Hall–Kier alpha value is -0.940. The third kappa shape index (κ3) is 3.79. The second kappa shape index (κ2) is 7.18. The smallest absolute Gasteiger partial charge is 0.225 e. The first-order chi connectivity index (χ1) is 9.61. The molecule has 0 aromatic carbocycles. The summed E-state index contributed by atoms with van der Waals surface area (Å²) >= 11 is 1.64. The van der Waals surface area contributed by atoms with E-state index in [0.717, 1.165) is 38.2 Å². The SMILES string of the molecule is CC[C@@H]1CN(C(=O)C(C)C)CC[C@H]1NCc1cscn1. The molecule has 0 radical (unpaired) electrons. The maximum atomic E-state index is 12.1. The molecule has 1 aromatic rings. The van der Waals surface area contributed by atoms with Crippen molar-refractivity contribution in [2.75, 3.05) is 13.1 Å². The average Bonchev–Trinajstić information content (AvgIpc) is 2.97. The summed E-state index contributed by atoms with van der Waals surface area (Å²) < 4.78 is 0. The highest BCUT2D eigenvalue weighted by atomic mass is 32.1. The maximum absolute atomic E-state index is 12.1. The van der Waals surface area contributed by atoms with Crippen molar-refractivity contribution in [3.63, 3.8) is 0 Å². The van der Waals surface area contributed by atoms with Gasteiger partial charge in [0.25, 0.3) is 0 Å². The molecule has 1 saturated heterocycles. The number of piperidine rings is 1. The monoisotopic (exact) mass is 295 g/mol. The Morgan fingerprint density at radius 1 is 1.60 bits per heavy atom. The van der Waals surface area contributed by atoms with E-state index < -0.39 is 0 Å². The Labute approximate surface area is 125 Å². The van der Waals surface area contributed by atoms with Gasteiger partial charge in [-0.15, -0.1) is 11.3 Å². The van der Waals surface area contributed by atoms with Crippen LogP contribution in [0.5, 0.6) is 0 Å². The summed E-state index contributed by atoms with van der Waals surface area (Å²) in [6.07, 6.45) is 2.15. The van der Waals surface area contributed by atoms with Crippen molar-refractivity contribution in [1.82, 2.24) is 15.2 Å². The van der Waals surface area contributed by atoms with Crippen LogP contribution in [0, 0.1) is 11.8 Å². The predicted molar refractivity (Wildman–Crippen MR) is 82.6 cm³/mol. The Kier molecular flexibility index (Phi) is 5.54. The fraction of sp³-hybridized carbons (Fsp3) is 0.733. The van der Waals surface area contributed by atoms with Gasteiger partial charge in [0.05, 0.1) is 11.2 Å². The maximum Gasteiger partial charge on any atom is 0.225 e. The van der Waals surface area contributed by atoms with Crippen LogP contribution in [0.4, 0.5) is 0 Å². The first kappa shape index (κ1) is 15.4. The predicted octanol–water partition coefficient (Wildman–Crippen LogP) is 2.52. The van der Waals surface area contributed by atoms with E-state index in [4.69, 9.17) is 0 Å². The minimum absolute atomic E-state index is 0.104. The van der Waals surface area contributed by atoms with E-state index in [1.807, 2.05) is 24.3 Å². The summed E-state index contributed by atoms with van der Waals surface area (Å²) in [5.74, 6) is 0.943. The summed E-state index contributed by atoms with van der Waals surface area (Å²) in [7, 11) is 0. The van der Waals surface area contributed by atoms with Crippen molar-refractivity contribution in [3.05, 3.63) is 16.6 Å². The molecule has 1 aliphatic rings. The van der Waals surface area contributed by atoms with Crippen LogP contribution in [0.15, 0.2) is 10.9 Å². The Balaban J connectivity index is 1.88. The van der Waals surface area contributed by atoms with Gasteiger partial charge in [0, 0.05) is 37.0 Å². The van der Waals surface area contributed by atoms with Gasteiger partial charge in [0.2, 0.25) is 5.91 Å². The minimum Gasteiger partial charge on any atom is -0.342 e. The van der Waals surface area contributed by atoms with Crippen molar-refractivity contribution >= 4 is 17.2 Å². The summed E-state index contributed by atoms with van der Waals surface area (Å²) in [5.41, 5.74) is 2.99. The van der Waals surface area contributed by atoms with Crippen LogP contribution in [0.25, 0.3) is 0 Å². The molecule has 0 bridgehead atoms. The van der Waals surface area contributed by atoms with E-state index in [9.17, 15) is 4.79 Å². The number of hydrogen-bond acceptors (Lipinski definition) is 4. The summed E-state index contributed by atoms with van der Waals surface area (Å²) in [5, 5.41) is 5.71. The molecule has 1 N–H and O–H groups in total. The van der Waals surface area contributed by atoms with Gasteiger partial charge < -0.3 is 10.2 Å². The highest BCUT2D eigenvalue weighted by molar-refractivity contribution is 7.07. The summed E-state index contributed by atoms with van der Waals surface area (Å²) in [6.45, 7) is 8.78. The lowest BCUT2D eigenvalue weighted by molar-refractivity contribution is -0.136.